The first kappa shape index (κ1) is 18.0. The van der Waals surface area contributed by atoms with E-state index in [0.717, 1.165) is 5.56 Å². The lowest BCUT2D eigenvalue weighted by Gasteiger charge is -2.30. The highest BCUT2D eigenvalue weighted by Gasteiger charge is 2.28. The molecule has 0 aliphatic carbocycles. The van der Waals surface area contributed by atoms with Crippen LogP contribution in [0, 0.1) is 0 Å². The molecule has 1 rings (SSSR count). The van der Waals surface area contributed by atoms with Crippen LogP contribution in [0.4, 0.5) is 0 Å². The summed E-state index contributed by atoms with van der Waals surface area (Å²) in [7, 11) is 0. The van der Waals surface area contributed by atoms with Gasteiger partial charge in [-0.2, -0.15) is 0 Å². The molecule has 0 aliphatic rings. The molecule has 6 heteroatoms. The molecule has 21 heavy (non-hydrogen) atoms. The van der Waals surface area contributed by atoms with E-state index in [1.54, 1.807) is 0 Å². The Labute approximate surface area is 125 Å². The fourth-order valence-corrected chi connectivity index (χ4v) is 1.79. The van der Waals surface area contributed by atoms with Gasteiger partial charge in [0.15, 0.2) is 0 Å². The van der Waals surface area contributed by atoms with Crippen LogP contribution in [0.5, 0.6) is 0 Å². The van der Waals surface area contributed by atoms with Gasteiger partial charge in [0.2, 0.25) is 0 Å². The van der Waals surface area contributed by atoms with Crippen LogP contribution in [-0.2, 0) is 4.74 Å². The number of β-amino-alcohol motifs (C(OH)–C–C–N with tert-alkyl or cyclic N) is 1. The Bertz CT molecular complexity index is 375. The molecule has 6 nitrogen and oxygen atoms in total. The number of nitrogens with one attached hydrogen (secondary N) is 1. The molecule has 2 atom stereocenters. The highest BCUT2D eigenvalue weighted by molar-refractivity contribution is 5.16. The van der Waals surface area contributed by atoms with E-state index < -0.39 is 31.5 Å². The van der Waals surface area contributed by atoms with Crippen LogP contribution in [0.2, 0.25) is 0 Å². The average molecular weight is 299 g/mol. The number of aliphatic hydroxyl groups excluding tert-OH is 4. The van der Waals surface area contributed by atoms with E-state index in [4.69, 9.17) is 20.1 Å². The van der Waals surface area contributed by atoms with Gasteiger partial charge < -0.3 is 30.5 Å². The Morgan fingerprint density at radius 2 is 1.67 bits per heavy atom. The van der Waals surface area contributed by atoms with Crippen molar-refractivity contribution in [2.24, 2.45) is 0 Å². The number of benzene rings is 1. The van der Waals surface area contributed by atoms with Crippen LogP contribution in [0.1, 0.15) is 18.6 Å². The van der Waals surface area contributed by atoms with Crippen molar-refractivity contribution in [3.8, 4) is 0 Å². The van der Waals surface area contributed by atoms with Crippen molar-refractivity contribution in [3.05, 3.63) is 35.9 Å². The van der Waals surface area contributed by atoms with E-state index in [1.807, 2.05) is 37.3 Å². The minimum absolute atomic E-state index is 0.100. The average Bonchev–Trinajstić information content (AvgIpc) is 2.55. The molecule has 0 amide bonds. The van der Waals surface area contributed by atoms with E-state index in [0.29, 0.717) is 0 Å². The molecule has 0 radical (unpaired) electrons. The maximum atomic E-state index is 9.86. The van der Waals surface area contributed by atoms with Gasteiger partial charge in [-0.25, -0.2) is 0 Å². The molecule has 0 aliphatic heterocycles. The summed E-state index contributed by atoms with van der Waals surface area (Å²) >= 11 is 0. The topological polar surface area (TPSA) is 102 Å². The first-order valence-electron chi connectivity index (χ1n) is 6.99. The lowest BCUT2D eigenvalue weighted by atomic mass is 10.0. The third kappa shape index (κ3) is 5.70. The van der Waals surface area contributed by atoms with Gasteiger partial charge in [0.05, 0.1) is 44.2 Å². The van der Waals surface area contributed by atoms with Crippen LogP contribution in [0.15, 0.2) is 30.3 Å². The van der Waals surface area contributed by atoms with Gasteiger partial charge >= 0.3 is 0 Å². The largest absolute Gasteiger partial charge is 0.394 e. The second kappa shape index (κ2) is 9.09. The quantitative estimate of drug-likeness (QED) is 0.397. The molecule has 2 unspecified atom stereocenters. The number of rotatable bonds is 10. The van der Waals surface area contributed by atoms with Crippen molar-refractivity contribution >= 4 is 0 Å². The fourth-order valence-electron chi connectivity index (χ4n) is 1.79. The summed E-state index contributed by atoms with van der Waals surface area (Å²) in [5.74, 6) is 0. The number of hydrogen-bond donors (Lipinski definition) is 5. The normalized spacial score (nSPS) is 14.9. The summed E-state index contributed by atoms with van der Waals surface area (Å²) in [6.07, 6.45) is -0.945. The van der Waals surface area contributed by atoms with Gasteiger partial charge in [0.25, 0.3) is 0 Å². The van der Waals surface area contributed by atoms with Gasteiger partial charge in [0.1, 0.15) is 0 Å². The number of hydrogen-bond acceptors (Lipinski definition) is 6. The zero-order chi connectivity index (χ0) is 15.7. The van der Waals surface area contributed by atoms with Gasteiger partial charge in [0, 0.05) is 6.54 Å². The van der Waals surface area contributed by atoms with E-state index in [-0.39, 0.29) is 19.3 Å². The van der Waals surface area contributed by atoms with Crippen molar-refractivity contribution in [1.29, 1.82) is 0 Å². The summed E-state index contributed by atoms with van der Waals surface area (Å²) in [6.45, 7) is 0.843. The van der Waals surface area contributed by atoms with E-state index >= 15 is 0 Å². The predicted molar refractivity (Wildman–Crippen MR) is 78.8 cm³/mol. The van der Waals surface area contributed by atoms with Crippen molar-refractivity contribution < 1.29 is 25.2 Å². The summed E-state index contributed by atoms with van der Waals surface area (Å²) in [4.78, 5) is 0. The molecule has 1 aromatic carbocycles. The first-order valence-corrected chi connectivity index (χ1v) is 6.99. The number of aliphatic hydroxyl groups is 4. The third-order valence-electron chi connectivity index (χ3n) is 3.43. The minimum Gasteiger partial charge on any atom is -0.394 e. The monoisotopic (exact) mass is 299 g/mol. The Kier molecular flexibility index (Phi) is 7.81. The maximum Gasteiger partial charge on any atom is 0.0898 e. The van der Waals surface area contributed by atoms with Crippen molar-refractivity contribution in [3.63, 3.8) is 0 Å². The molecule has 0 aromatic heterocycles. The van der Waals surface area contributed by atoms with Crippen molar-refractivity contribution in [2.45, 2.75) is 24.7 Å². The van der Waals surface area contributed by atoms with Crippen LogP contribution in [-0.4, -0.2) is 65.0 Å². The van der Waals surface area contributed by atoms with Gasteiger partial charge in [-0.05, 0) is 12.5 Å². The Balaban J connectivity index is 2.35. The first-order chi connectivity index (χ1) is 10.1. The van der Waals surface area contributed by atoms with Crippen molar-refractivity contribution in [2.75, 3.05) is 33.0 Å². The third-order valence-corrected chi connectivity index (χ3v) is 3.43. The Hall–Kier alpha value is -1.02. The summed E-state index contributed by atoms with van der Waals surface area (Å²) in [5.41, 5.74) is -0.167. The van der Waals surface area contributed by atoms with Crippen molar-refractivity contribution in [1.82, 2.24) is 5.32 Å². The smallest absolute Gasteiger partial charge is 0.0898 e. The second-order valence-electron chi connectivity index (χ2n) is 5.18. The molecule has 0 heterocycles. The molecular weight excluding hydrogens is 274 g/mol. The molecule has 0 saturated heterocycles. The predicted octanol–water partition coefficient (Wildman–Crippen LogP) is -0.570. The molecule has 0 spiro atoms. The molecule has 1 aromatic rings. The van der Waals surface area contributed by atoms with Crippen LogP contribution in [0.3, 0.4) is 0 Å². The molecule has 0 bridgehead atoms. The van der Waals surface area contributed by atoms with E-state index in [9.17, 15) is 5.11 Å². The lowest BCUT2D eigenvalue weighted by molar-refractivity contribution is -0.0148. The summed E-state index contributed by atoms with van der Waals surface area (Å²) in [6, 6.07) is 9.66. The molecule has 5 N–H and O–H groups in total. The molecule has 120 valence electrons. The Morgan fingerprint density at radius 3 is 2.19 bits per heavy atom. The van der Waals surface area contributed by atoms with E-state index in [1.165, 1.54) is 0 Å². The highest BCUT2D eigenvalue weighted by atomic mass is 16.5. The minimum atomic E-state index is -1.19. The van der Waals surface area contributed by atoms with Crippen LogP contribution < -0.4 is 5.32 Å². The zero-order valence-corrected chi connectivity index (χ0v) is 12.3. The van der Waals surface area contributed by atoms with Gasteiger partial charge in [-0.1, -0.05) is 30.3 Å². The maximum absolute atomic E-state index is 9.86. The molecule has 0 fully saturated rings. The fraction of sp³-hybridized carbons (Fsp3) is 0.600. The second-order valence-corrected chi connectivity index (χ2v) is 5.18. The van der Waals surface area contributed by atoms with Crippen LogP contribution in [0.25, 0.3) is 0 Å². The summed E-state index contributed by atoms with van der Waals surface area (Å²) < 4.78 is 5.58. The lowest BCUT2D eigenvalue weighted by Crippen LogP contribution is -2.57. The molecule has 0 saturated carbocycles. The van der Waals surface area contributed by atoms with Gasteiger partial charge in [-0.3, -0.25) is 0 Å². The highest BCUT2D eigenvalue weighted by Crippen LogP contribution is 2.15. The summed E-state index contributed by atoms with van der Waals surface area (Å²) in [5, 5.41) is 40.1. The molecular formula is C15H25NO5. The van der Waals surface area contributed by atoms with E-state index in [2.05, 4.69) is 5.32 Å². The standard InChI is InChI=1S/C15H25NO5/c1-12(13-5-3-2-4-6-13)21-8-14(20)7-16-15(9-17,10-18)11-19/h2-6,12,14,16-20H,7-11H2,1H3. The number of ether oxygens (including phenoxy) is 1. The van der Waals surface area contributed by atoms with Crippen LogP contribution >= 0.6 is 0 Å². The van der Waals surface area contributed by atoms with Gasteiger partial charge in [-0.15, -0.1) is 0 Å². The zero-order valence-electron chi connectivity index (χ0n) is 12.3. The Morgan fingerprint density at radius 1 is 1.10 bits per heavy atom. The SMILES string of the molecule is CC(OCC(O)CNC(CO)(CO)CO)c1ccccc1.